The topological polar surface area (TPSA) is 96.4 Å². The van der Waals surface area contributed by atoms with E-state index in [9.17, 15) is 14.4 Å². The van der Waals surface area contributed by atoms with Gasteiger partial charge < -0.3 is 24.4 Å². The summed E-state index contributed by atoms with van der Waals surface area (Å²) < 4.78 is 10.8. The summed E-state index contributed by atoms with van der Waals surface area (Å²) in [6, 6.07) is 7.38. The van der Waals surface area contributed by atoms with Crippen LogP contribution in [0.5, 0.6) is 5.75 Å². The van der Waals surface area contributed by atoms with Crippen LogP contribution in [0.25, 0.3) is 0 Å². The van der Waals surface area contributed by atoms with Crippen LogP contribution in [0.4, 0.5) is 0 Å². The number of benzene rings is 1. The third kappa shape index (κ3) is 5.95. The number of carbonyl (C=O) groups is 3. The minimum absolute atomic E-state index is 0.0992. The fourth-order valence-electron chi connectivity index (χ4n) is 3.15. The van der Waals surface area contributed by atoms with Crippen LogP contribution in [0.15, 0.2) is 24.3 Å². The molecule has 1 saturated heterocycles. The molecule has 0 aromatic heterocycles. The molecule has 154 valence electrons. The number of amides is 2. The monoisotopic (exact) mass is 392 g/mol. The van der Waals surface area contributed by atoms with Crippen molar-refractivity contribution < 1.29 is 29.0 Å². The van der Waals surface area contributed by atoms with Gasteiger partial charge in [-0.05, 0) is 37.5 Å². The smallest absolute Gasteiger partial charge is 0.308 e. The molecule has 0 radical (unpaired) electrons. The number of carboxylic acid groups (broad SMARTS) is 1. The first-order valence-corrected chi connectivity index (χ1v) is 9.32. The highest BCUT2D eigenvalue weighted by molar-refractivity contribution is 5.87. The number of aliphatic carboxylic acids is 1. The molecular formula is C20H28N2O6. The largest absolute Gasteiger partial charge is 0.497 e. The second-order valence-corrected chi connectivity index (χ2v) is 7.02. The van der Waals surface area contributed by atoms with Crippen molar-refractivity contribution >= 4 is 17.8 Å². The lowest BCUT2D eigenvalue weighted by molar-refractivity contribution is -0.150. The van der Waals surface area contributed by atoms with E-state index in [0.717, 1.165) is 5.56 Å². The Balaban J connectivity index is 1.83. The van der Waals surface area contributed by atoms with Crippen molar-refractivity contribution in [1.82, 2.24) is 9.80 Å². The molecule has 2 rings (SSSR count). The third-order valence-electron chi connectivity index (χ3n) is 4.85. The molecule has 1 fully saturated rings. The number of carbonyl (C=O) groups excluding carboxylic acids is 2. The number of rotatable bonds is 8. The second kappa shape index (κ2) is 10.1. The summed E-state index contributed by atoms with van der Waals surface area (Å²) in [5.74, 6) is -1.26. The average molecular weight is 392 g/mol. The van der Waals surface area contributed by atoms with E-state index in [4.69, 9.17) is 14.6 Å². The molecule has 1 aromatic carbocycles. The van der Waals surface area contributed by atoms with Crippen LogP contribution in [-0.4, -0.2) is 72.6 Å². The van der Waals surface area contributed by atoms with Gasteiger partial charge in [0.05, 0.1) is 26.2 Å². The molecule has 8 heteroatoms. The van der Waals surface area contributed by atoms with E-state index in [1.165, 1.54) is 9.80 Å². The van der Waals surface area contributed by atoms with Gasteiger partial charge in [0.15, 0.2) is 0 Å². The standard InChI is InChI=1S/C20H28N2O6/c1-14(28-13-15-6-4-8-17(10-15)27-3)19(24)21(2)12-18(23)22-9-5-7-16(11-22)20(25)26/h4,6,8,10,14,16H,5,7,9,11-13H2,1-3H3,(H,25,26). The fraction of sp³-hybridized carbons (Fsp3) is 0.550. The van der Waals surface area contributed by atoms with Crippen LogP contribution < -0.4 is 4.74 Å². The Labute approximate surface area is 165 Å². The first-order valence-electron chi connectivity index (χ1n) is 9.32. The van der Waals surface area contributed by atoms with Crippen molar-refractivity contribution in [1.29, 1.82) is 0 Å². The third-order valence-corrected chi connectivity index (χ3v) is 4.85. The fourth-order valence-corrected chi connectivity index (χ4v) is 3.15. The summed E-state index contributed by atoms with van der Waals surface area (Å²) in [7, 11) is 3.13. The molecule has 28 heavy (non-hydrogen) atoms. The normalized spacial score (nSPS) is 17.7. The molecule has 2 amide bonds. The predicted molar refractivity (Wildman–Crippen MR) is 102 cm³/mol. The number of hydrogen-bond donors (Lipinski definition) is 1. The van der Waals surface area contributed by atoms with Crippen LogP contribution in [0.3, 0.4) is 0 Å². The summed E-state index contributed by atoms with van der Waals surface area (Å²) >= 11 is 0. The number of likely N-dealkylation sites (tertiary alicyclic amines) is 1. The lowest BCUT2D eigenvalue weighted by Gasteiger charge is -2.32. The van der Waals surface area contributed by atoms with Crippen molar-refractivity contribution in [2.45, 2.75) is 32.5 Å². The van der Waals surface area contributed by atoms with Crippen molar-refractivity contribution in [3.63, 3.8) is 0 Å². The van der Waals surface area contributed by atoms with E-state index in [1.807, 2.05) is 24.3 Å². The molecule has 1 aliphatic rings. The van der Waals surface area contributed by atoms with Gasteiger partial charge in [0.2, 0.25) is 5.91 Å². The molecule has 0 spiro atoms. The molecule has 0 saturated carbocycles. The molecule has 1 N–H and O–H groups in total. The first-order chi connectivity index (χ1) is 13.3. The number of likely N-dealkylation sites (N-methyl/N-ethyl adjacent to an activating group) is 1. The molecule has 2 atom stereocenters. The number of carboxylic acids is 1. The van der Waals surface area contributed by atoms with Gasteiger partial charge in [0, 0.05) is 20.1 Å². The Morgan fingerprint density at radius 3 is 2.79 bits per heavy atom. The lowest BCUT2D eigenvalue weighted by Crippen LogP contribution is -2.48. The van der Waals surface area contributed by atoms with Gasteiger partial charge in [-0.25, -0.2) is 0 Å². The number of ether oxygens (including phenoxy) is 2. The maximum atomic E-state index is 12.5. The molecule has 0 bridgehead atoms. The lowest BCUT2D eigenvalue weighted by atomic mass is 9.98. The molecular weight excluding hydrogens is 364 g/mol. The summed E-state index contributed by atoms with van der Waals surface area (Å²) in [6.45, 7) is 2.51. The van der Waals surface area contributed by atoms with E-state index >= 15 is 0 Å². The SMILES string of the molecule is COc1cccc(COC(C)C(=O)N(C)CC(=O)N2CCCC(C(=O)O)C2)c1. The van der Waals surface area contributed by atoms with Crippen molar-refractivity contribution in [2.75, 3.05) is 33.8 Å². The Morgan fingerprint density at radius 2 is 2.11 bits per heavy atom. The predicted octanol–water partition coefficient (Wildman–Crippen LogP) is 1.38. The van der Waals surface area contributed by atoms with Gasteiger partial charge >= 0.3 is 5.97 Å². The van der Waals surface area contributed by atoms with Gasteiger partial charge in [-0.2, -0.15) is 0 Å². The van der Waals surface area contributed by atoms with Gasteiger partial charge in [-0.3, -0.25) is 14.4 Å². The van der Waals surface area contributed by atoms with Crippen molar-refractivity contribution in [3.05, 3.63) is 29.8 Å². The van der Waals surface area contributed by atoms with E-state index in [1.54, 1.807) is 21.1 Å². The minimum atomic E-state index is -0.888. The summed E-state index contributed by atoms with van der Waals surface area (Å²) in [5.41, 5.74) is 0.880. The van der Waals surface area contributed by atoms with E-state index in [2.05, 4.69) is 0 Å². The van der Waals surface area contributed by atoms with Gasteiger partial charge in [-0.1, -0.05) is 12.1 Å². The van der Waals surface area contributed by atoms with Crippen molar-refractivity contribution in [2.24, 2.45) is 5.92 Å². The molecule has 1 aliphatic heterocycles. The van der Waals surface area contributed by atoms with Gasteiger partial charge in [0.1, 0.15) is 11.9 Å². The first kappa shape index (κ1) is 21.7. The highest BCUT2D eigenvalue weighted by Crippen LogP contribution is 2.17. The van der Waals surface area contributed by atoms with Crippen LogP contribution in [-0.2, 0) is 25.7 Å². The van der Waals surface area contributed by atoms with Gasteiger partial charge in [0.25, 0.3) is 5.91 Å². The van der Waals surface area contributed by atoms with E-state index < -0.39 is 18.0 Å². The summed E-state index contributed by atoms with van der Waals surface area (Å²) in [5, 5.41) is 9.14. The van der Waals surface area contributed by atoms with E-state index in [-0.39, 0.29) is 31.5 Å². The summed E-state index contributed by atoms with van der Waals surface area (Å²) in [4.78, 5) is 38.9. The molecule has 2 unspecified atom stereocenters. The summed E-state index contributed by atoms with van der Waals surface area (Å²) in [6.07, 6.45) is 0.515. The quantitative estimate of drug-likeness (QED) is 0.718. The molecule has 8 nitrogen and oxygen atoms in total. The van der Waals surface area contributed by atoms with E-state index in [0.29, 0.717) is 25.1 Å². The molecule has 1 heterocycles. The van der Waals surface area contributed by atoms with Crippen LogP contribution in [0.2, 0.25) is 0 Å². The zero-order valence-electron chi connectivity index (χ0n) is 16.6. The highest BCUT2D eigenvalue weighted by Gasteiger charge is 2.29. The maximum absolute atomic E-state index is 12.5. The Bertz CT molecular complexity index is 708. The molecule has 0 aliphatic carbocycles. The minimum Gasteiger partial charge on any atom is -0.497 e. The Kier molecular flexibility index (Phi) is 7.80. The average Bonchev–Trinajstić information content (AvgIpc) is 2.71. The highest BCUT2D eigenvalue weighted by atomic mass is 16.5. The van der Waals surface area contributed by atoms with Crippen LogP contribution in [0, 0.1) is 5.92 Å². The molecule has 1 aromatic rings. The number of methoxy groups -OCH3 is 1. The zero-order chi connectivity index (χ0) is 20.7. The second-order valence-electron chi connectivity index (χ2n) is 7.02. The Morgan fingerprint density at radius 1 is 1.36 bits per heavy atom. The number of hydrogen-bond acceptors (Lipinski definition) is 5. The maximum Gasteiger partial charge on any atom is 0.308 e. The Hall–Kier alpha value is -2.61. The number of piperidine rings is 1. The van der Waals surface area contributed by atoms with Gasteiger partial charge in [-0.15, -0.1) is 0 Å². The number of nitrogens with zero attached hydrogens (tertiary/aromatic N) is 2. The zero-order valence-corrected chi connectivity index (χ0v) is 16.6. The van der Waals surface area contributed by atoms with Crippen molar-refractivity contribution in [3.8, 4) is 5.75 Å². The van der Waals surface area contributed by atoms with Crippen LogP contribution >= 0.6 is 0 Å². The van der Waals surface area contributed by atoms with Crippen LogP contribution in [0.1, 0.15) is 25.3 Å².